The molecule has 0 unspecified atom stereocenters. The Labute approximate surface area is 130 Å². The number of allylic oxidation sites excluding steroid dienone is 1. The third-order valence-corrected chi connectivity index (χ3v) is 3.98. The van der Waals surface area contributed by atoms with Gasteiger partial charge in [-0.3, -0.25) is 4.79 Å². The van der Waals surface area contributed by atoms with E-state index in [0.717, 1.165) is 22.4 Å². The Bertz CT molecular complexity index is 743. The maximum atomic E-state index is 12.6. The molecule has 0 bridgehead atoms. The van der Waals surface area contributed by atoms with Gasteiger partial charge in [-0.25, -0.2) is 0 Å². The van der Waals surface area contributed by atoms with Crippen molar-refractivity contribution in [2.24, 2.45) is 0 Å². The van der Waals surface area contributed by atoms with E-state index in [0.29, 0.717) is 17.7 Å². The minimum atomic E-state index is 0.0733. The molecule has 0 heterocycles. The quantitative estimate of drug-likeness (QED) is 0.810. The minimum absolute atomic E-state index is 0.0733. The van der Waals surface area contributed by atoms with Crippen LogP contribution in [0.4, 0.5) is 5.69 Å². The summed E-state index contributed by atoms with van der Waals surface area (Å²) in [6.45, 7) is 0. The molecule has 22 heavy (non-hydrogen) atoms. The lowest BCUT2D eigenvalue weighted by Crippen LogP contribution is -2.07. The van der Waals surface area contributed by atoms with Gasteiger partial charge in [0.2, 0.25) is 0 Å². The van der Waals surface area contributed by atoms with Gasteiger partial charge in [-0.1, -0.05) is 24.3 Å². The van der Waals surface area contributed by atoms with Crippen molar-refractivity contribution >= 4 is 17.5 Å². The highest BCUT2D eigenvalue weighted by Crippen LogP contribution is 2.34. The fraction of sp³-hybridized carbons (Fsp3) is 0.211. The largest absolute Gasteiger partial charge is 0.496 e. The van der Waals surface area contributed by atoms with E-state index in [1.807, 2.05) is 50.5 Å². The van der Waals surface area contributed by atoms with Crippen LogP contribution < -0.4 is 9.64 Å². The van der Waals surface area contributed by atoms with Crippen molar-refractivity contribution in [1.82, 2.24) is 0 Å². The fourth-order valence-electron chi connectivity index (χ4n) is 2.78. The molecule has 112 valence electrons. The lowest BCUT2D eigenvalue weighted by Gasteiger charge is -2.11. The molecule has 2 aromatic rings. The maximum Gasteiger partial charge on any atom is 0.193 e. The van der Waals surface area contributed by atoms with E-state index >= 15 is 0 Å². The number of ketones is 1. The van der Waals surface area contributed by atoms with Crippen molar-refractivity contribution in [2.45, 2.75) is 6.42 Å². The van der Waals surface area contributed by atoms with E-state index in [1.165, 1.54) is 0 Å². The van der Waals surface area contributed by atoms with Gasteiger partial charge in [-0.15, -0.1) is 0 Å². The number of benzene rings is 2. The van der Waals surface area contributed by atoms with Crippen LogP contribution in [0.25, 0.3) is 6.08 Å². The molecule has 0 aromatic heterocycles. The van der Waals surface area contributed by atoms with Crippen LogP contribution in [0.5, 0.6) is 5.75 Å². The Morgan fingerprint density at radius 3 is 2.45 bits per heavy atom. The topological polar surface area (TPSA) is 29.5 Å². The summed E-state index contributed by atoms with van der Waals surface area (Å²) in [6, 6.07) is 13.9. The lowest BCUT2D eigenvalue weighted by atomic mass is 10.1. The SMILES string of the molecule is COc1cccc2c1C(=O)/C(=C\c1ccc(N(C)C)cc1)C2. The number of methoxy groups -OCH3 is 1. The third kappa shape index (κ3) is 2.50. The van der Waals surface area contributed by atoms with Crippen molar-refractivity contribution in [1.29, 1.82) is 0 Å². The molecule has 0 N–H and O–H groups in total. The summed E-state index contributed by atoms with van der Waals surface area (Å²) >= 11 is 0. The number of rotatable bonds is 3. The van der Waals surface area contributed by atoms with E-state index < -0.39 is 0 Å². The van der Waals surface area contributed by atoms with Crippen LogP contribution in [0.3, 0.4) is 0 Å². The molecule has 0 fully saturated rings. The number of anilines is 1. The molecule has 1 aliphatic rings. The standard InChI is InChI=1S/C19H19NO2/c1-20(2)16-9-7-13(8-10-16)11-15-12-14-5-4-6-17(22-3)18(14)19(15)21/h4-11H,12H2,1-3H3/b15-11-. The minimum Gasteiger partial charge on any atom is -0.496 e. The second-order valence-corrected chi connectivity index (χ2v) is 5.66. The van der Waals surface area contributed by atoms with Crippen LogP contribution >= 0.6 is 0 Å². The van der Waals surface area contributed by atoms with Crippen LogP contribution in [-0.4, -0.2) is 27.0 Å². The number of fused-ring (bicyclic) bond motifs is 1. The van der Waals surface area contributed by atoms with E-state index in [2.05, 4.69) is 17.0 Å². The number of hydrogen-bond acceptors (Lipinski definition) is 3. The molecule has 0 saturated carbocycles. The second kappa shape index (κ2) is 5.68. The maximum absolute atomic E-state index is 12.6. The first-order chi connectivity index (χ1) is 10.6. The molecule has 0 atom stereocenters. The number of carbonyl (C=O) groups is 1. The first-order valence-corrected chi connectivity index (χ1v) is 7.28. The van der Waals surface area contributed by atoms with Crippen molar-refractivity contribution in [3.8, 4) is 5.75 Å². The molecule has 3 heteroatoms. The summed E-state index contributed by atoms with van der Waals surface area (Å²) in [5.41, 5.74) is 4.75. The van der Waals surface area contributed by atoms with Gasteiger partial charge in [-0.05, 0) is 35.4 Å². The Kier molecular flexibility index (Phi) is 3.72. The Morgan fingerprint density at radius 1 is 1.09 bits per heavy atom. The van der Waals surface area contributed by atoms with Gasteiger partial charge in [0, 0.05) is 31.8 Å². The normalized spacial score (nSPS) is 15.0. The summed E-state index contributed by atoms with van der Waals surface area (Å²) in [4.78, 5) is 14.7. The van der Waals surface area contributed by atoms with Crippen LogP contribution in [0.2, 0.25) is 0 Å². The predicted molar refractivity (Wildman–Crippen MR) is 89.8 cm³/mol. The average Bonchev–Trinajstić information content (AvgIpc) is 2.84. The highest BCUT2D eigenvalue weighted by Gasteiger charge is 2.27. The summed E-state index contributed by atoms with van der Waals surface area (Å²) < 4.78 is 5.31. The van der Waals surface area contributed by atoms with Gasteiger partial charge in [0.15, 0.2) is 5.78 Å². The van der Waals surface area contributed by atoms with E-state index in [-0.39, 0.29) is 5.78 Å². The third-order valence-electron chi connectivity index (χ3n) is 3.98. The molecule has 3 rings (SSSR count). The first-order valence-electron chi connectivity index (χ1n) is 7.28. The van der Waals surface area contributed by atoms with Crippen molar-refractivity contribution in [3.63, 3.8) is 0 Å². The number of Topliss-reactive ketones (excluding diaryl/α,β-unsaturated/α-hetero) is 1. The molecule has 0 radical (unpaired) electrons. The van der Waals surface area contributed by atoms with Crippen LogP contribution in [0.1, 0.15) is 21.5 Å². The van der Waals surface area contributed by atoms with Gasteiger partial charge in [0.05, 0.1) is 12.7 Å². The molecule has 0 aliphatic heterocycles. The van der Waals surface area contributed by atoms with E-state index in [1.54, 1.807) is 7.11 Å². The lowest BCUT2D eigenvalue weighted by molar-refractivity contribution is 0.103. The zero-order chi connectivity index (χ0) is 15.7. The van der Waals surface area contributed by atoms with E-state index in [4.69, 9.17) is 4.74 Å². The number of carbonyl (C=O) groups excluding carboxylic acids is 1. The van der Waals surface area contributed by atoms with Gasteiger partial charge in [0.1, 0.15) is 5.75 Å². The van der Waals surface area contributed by atoms with E-state index in [9.17, 15) is 4.79 Å². The van der Waals surface area contributed by atoms with Crippen molar-refractivity contribution < 1.29 is 9.53 Å². The summed E-state index contributed by atoms with van der Waals surface area (Å²) in [6.07, 6.45) is 2.64. The summed E-state index contributed by atoms with van der Waals surface area (Å²) in [5, 5.41) is 0. The number of hydrogen-bond donors (Lipinski definition) is 0. The number of nitrogens with zero attached hydrogens (tertiary/aromatic N) is 1. The van der Waals surface area contributed by atoms with Crippen molar-refractivity contribution in [2.75, 3.05) is 26.1 Å². The van der Waals surface area contributed by atoms with Gasteiger partial charge in [-0.2, -0.15) is 0 Å². The first kappa shape index (κ1) is 14.4. The smallest absolute Gasteiger partial charge is 0.193 e. The summed E-state index contributed by atoms with van der Waals surface area (Å²) in [7, 11) is 5.62. The molecule has 3 nitrogen and oxygen atoms in total. The fourth-order valence-corrected chi connectivity index (χ4v) is 2.78. The monoisotopic (exact) mass is 293 g/mol. The molecular weight excluding hydrogens is 274 g/mol. The molecule has 2 aromatic carbocycles. The second-order valence-electron chi connectivity index (χ2n) is 5.66. The zero-order valence-electron chi connectivity index (χ0n) is 13.1. The molecule has 0 saturated heterocycles. The van der Waals surface area contributed by atoms with Crippen LogP contribution in [0.15, 0.2) is 48.0 Å². The van der Waals surface area contributed by atoms with Gasteiger partial charge in [0.25, 0.3) is 0 Å². The zero-order valence-corrected chi connectivity index (χ0v) is 13.1. The molecule has 0 spiro atoms. The highest BCUT2D eigenvalue weighted by atomic mass is 16.5. The van der Waals surface area contributed by atoms with Crippen LogP contribution in [0, 0.1) is 0 Å². The van der Waals surface area contributed by atoms with Crippen LogP contribution in [-0.2, 0) is 6.42 Å². The molecule has 0 amide bonds. The van der Waals surface area contributed by atoms with Gasteiger partial charge >= 0.3 is 0 Å². The Hall–Kier alpha value is -2.55. The Balaban J connectivity index is 1.92. The molecule has 1 aliphatic carbocycles. The predicted octanol–water partition coefficient (Wildman–Crippen LogP) is 3.58. The Morgan fingerprint density at radius 2 is 1.82 bits per heavy atom. The molecular formula is C19H19NO2. The van der Waals surface area contributed by atoms with Crippen molar-refractivity contribution in [3.05, 3.63) is 64.7 Å². The number of ether oxygens (including phenoxy) is 1. The van der Waals surface area contributed by atoms with Gasteiger partial charge < -0.3 is 9.64 Å². The highest BCUT2D eigenvalue weighted by molar-refractivity contribution is 6.17. The summed E-state index contributed by atoms with van der Waals surface area (Å²) in [5.74, 6) is 0.734. The average molecular weight is 293 g/mol.